The third-order valence-electron chi connectivity index (χ3n) is 2.54. The van der Waals surface area contributed by atoms with E-state index >= 15 is 0 Å². The van der Waals surface area contributed by atoms with Gasteiger partial charge in [0.05, 0.1) is 0 Å². The molecule has 0 aromatic heterocycles. The summed E-state index contributed by atoms with van der Waals surface area (Å²) in [5.41, 5.74) is 3.24. The molecule has 0 amide bonds. The smallest absolute Gasteiger partial charge is 0.0280 e. The maximum atomic E-state index is 2.44. The molecule has 0 saturated heterocycles. The minimum atomic E-state index is 1.22. The highest BCUT2D eigenvalue weighted by molar-refractivity contribution is 5.33. The van der Waals surface area contributed by atoms with Crippen LogP contribution in [0.3, 0.4) is 0 Å². The molecule has 0 bridgehead atoms. The van der Waals surface area contributed by atoms with Crippen LogP contribution < -0.4 is 0 Å². The van der Waals surface area contributed by atoms with Gasteiger partial charge in [0.15, 0.2) is 0 Å². The predicted molar refractivity (Wildman–Crippen MR) is 77.9 cm³/mol. The van der Waals surface area contributed by atoms with Gasteiger partial charge in [-0.15, -0.1) is 0 Å². The van der Waals surface area contributed by atoms with Crippen molar-refractivity contribution in [1.29, 1.82) is 0 Å². The van der Waals surface area contributed by atoms with Gasteiger partial charge in [0, 0.05) is 0 Å². The quantitative estimate of drug-likeness (QED) is 0.526. The molecule has 0 aromatic carbocycles. The van der Waals surface area contributed by atoms with E-state index in [4.69, 9.17) is 0 Å². The predicted octanol–water partition coefficient (Wildman–Crippen LogP) is 6.29. The molecule has 1 rings (SSSR count). The van der Waals surface area contributed by atoms with Gasteiger partial charge in [-0.3, -0.25) is 0 Å². The second-order valence-corrected chi connectivity index (χ2v) is 3.49. The van der Waals surface area contributed by atoms with Crippen LogP contribution in [0.2, 0.25) is 0 Å². The van der Waals surface area contributed by atoms with Crippen molar-refractivity contribution in [3.05, 3.63) is 23.3 Å². The van der Waals surface area contributed by atoms with Gasteiger partial charge < -0.3 is 0 Å². The van der Waals surface area contributed by atoms with Crippen LogP contribution in [-0.4, -0.2) is 0 Å². The Morgan fingerprint density at radius 2 is 1.38 bits per heavy atom. The Kier molecular flexibility index (Phi) is 16.2. The first-order chi connectivity index (χ1) is 7.88. The Morgan fingerprint density at radius 3 is 1.81 bits per heavy atom. The lowest BCUT2D eigenvalue weighted by Gasteiger charge is -2.14. The Labute approximate surface area is 104 Å². The average molecular weight is 224 g/mol. The summed E-state index contributed by atoms with van der Waals surface area (Å²) in [5.74, 6) is 0. The first-order valence-electron chi connectivity index (χ1n) is 7.27. The van der Waals surface area contributed by atoms with Crippen LogP contribution >= 0.6 is 0 Å². The molecule has 0 heterocycles. The van der Waals surface area contributed by atoms with Gasteiger partial charge in [-0.25, -0.2) is 0 Å². The number of hydrogen-bond donors (Lipinski definition) is 0. The minimum Gasteiger partial charge on any atom is -0.0808 e. The molecule has 0 aromatic rings. The molecule has 0 unspecified atom stereocenters. The Balaban J connectivity index is 0. The van der Waals surface area contributed by atoms with Gasteiger partial charge in [0.2, 0.25) is 0 Å². The van der Waals surface area contributed by atoms with Crippen LogP contribution in [-0.2, 0) is 0 Å². The maximum Gasteiger partial charge on any atom is -0.0280 e. The van der Waals surface area contributed by atoms with E-state index in [9.17, 15) is 0 Å². The third-order valence-corrected chi connectivity index (χ3v) is 2.54. The van der Waals surface area contributed by atoms with Gasteiger partial charge >= 0.3 is 0 Å². The molecule has 0 heteroatoms. The maximum absolute atomic E-state index is 2.44. The molecule has 0 fully saturated rings. The lowest BCUT2D eigenvalue weighted by atomic mass is 9.92. The minimum absolute atomic E-state index is 1.22. The lowest BCUT2D eigenvalue weighted by molar-refractivity contribution is 0.771. The third kappa shape index (κ3) is 7.73. The Morgan fingerprint density at radius 1 is 0.875 bits per heavy atom. The van der Waals surface area contributed by atoms with Gasteiger partial charge in [-0.2, -0.15) is 0 Å². The number of allylic oxidation sites excluding steroid dienone is 4. The second-order valence-electron chi connectivity index (χ2n) is 3.49. The largest absolute Gasteiger partial charge is 0.0808 e. The van der Waals surface area contributed by atoms with Crippen LogP contribution in [0.1, 0.15) is 80.1 Å². The number of unbranched alkanes of at least 4 members (excludes halogenated alkanes) is 1. The van der Waals surface area contributed by atoms with Crippen LogP contribution in [0.4, 0.5) is 0 Å². The molecule has 0 radical (unpaired) electrons. The highest BCUT2D eigenvalue weighted by Crippen LogP contribution is 2.25. The molecule has 1 aliphatic carbocycles. The Bertz CT molecular complexity index is 184. The summed E-state index contributed by atoms with van der Waals surface area (Å²) in [6.45, 7) is 12.5. The molecule has 0 N–H and O–H groups in total. The molecule has 0 atom stereocenters. The van der Waals surface area contributed by atoms with Crippen molar-refractivity contribution in [3.63, 3.8) is 0 Å². The fourth-order valence-corrected chi connectivity index (χ4v) is 1.78. The van der Waals surface area contributed by atoms with E-state index in [0.717, 1.165) is 0 Å². The SMILES string of the molecule is CC.CC.CCCCC1=CCCC=C1CC. The van der Waals surface area contributed by atoms with E-state index in [1.54, 1.807) is 11.1 Å². The summed E-state index contributed by atoms with van der Waals surface area (Å²) in [6, 6.07) is 0. The standard InChI is InChI=1S/C12H20.2C2H6/c1-3-5-8-12-10-7-6-9-11(12)4-2;2*1-2/h9-10H,3-8H2,1-2H3;2*1-2H3. The highest BCUT2D eigenvalue weighted by atomic mass is 14.1. The van der Waals surface area contributed by atoms with Gasteiger partial charge in [0.1, 0.15) is 0 Å². The van der Waals surface area contributed by atoms with E-state index < -0.39 is 0 Å². The van der Waals surface area contributed by atoms with Gasteiger partial charge in [-0.1, -0.05) is 60.1 Å². The van der Waals surface area contributed by atoms with E-state index in [0.29, 0.717) is 0 Å². The molecule has 16 heavy (non-hydrogen) atoms. The van der Waals surface area contributed by atoms with E-state index in [1.807, 2.05) is 27.7 Å². The van der Waals surface area contributed by atoms with Crippen LogP contribution in [0.15, 0.2) is 23.3 Å². The number of hydrogen-bond acceptors (Lipinski definition) is 0. The summed E-state index contributed by atoms with van der Waals surface area (Å²) < 4.78 is 0. The topological polar surface area (TPSA) is 0 Å². The highest BCUT2D eigenvalue weighted by Gasteiger charge is 2.05. The number of rotatable bonds is 4. The van der Waals surface area contributed by atoms with Crippen molar-refractivity contribution < 1.29 is 0 Å². The van der Waals surface area contributed by atoms with Crippen molar-refractivity contribution in [3.8, 4) is 0 Å². The fourth-order valence-electron chi connectivity index (χ4n) is 1.78. The first-order valence-corrected chi connectivity index (χ1v) is 7.27. The first kappa shape index (κ1) is 17.9. The van der Waals surface area contributed by atoms with Crippen LogP contribution in [0, 0.1) is 0 Å². The zero-order valence-electron chi connectivity index (χ0n) is 12.4. The van der Waals surface area contributed by atoms with Crippen LogP contribution in [0.5, 0.6) is 0 Å². The van der Waals surface area contributed by atoms with E-state index in [2.05, 4.69) is 26.0 Å². The molecule has 0 spiro atoms. The molecule has 0 aliphatic heterocycles. The summed E-state index contributed by atoms with van der Waals surface area (Å²) >= 11 is 0. The van der Waals surface area contributed by atoms with E-state index in [-0.39, 0.29) is 0 Å². The summed E-state index contributed by atoms with van der Waals surface area (Å²) in [7, 11) is 0. The van der Waals surface area contributed by atoms with Crippen molar-refractivity contribution in [2.75, 3.05) is 0 Å². The molecule has 0 nitrogen and oxygen atoms in total. The zero-order chi connectivity index (χ0) is 12.8. The normalized spacial score (nSPS) is 13.6. The van der Waals surface area contributed by atoms with Crippen molar-refractivity contribution in [2.24, 2.45) is 0 Å². The lowest BCUT2D eigenvalue weighted by Crippen LogP contribution is -1.94. The van der Waals surface area contributed by atoms with Crippen molar-refractivity contribution >= 4 is 0 Å². The van der Waals surface area contributed by atoms with Crippen molar-refractivity contribution in [2.45, 2.75) is 80.1 Å². The van der Waals surface area contributed by atoms with Crippen LogP contribution in [0.25, 0.3) is 0 Å². The summed E-state index contributed by atoms with van der Waals surface area (Å²) in [5, 5.41) is 0. The fraction of sp³-hybridized carbons (Fsp3) is 0.750. The molecule has 1 aliphatic rings. The average Bonchev–Trinajstić information content (AvgIpc) is 2.41. The zero-order valence-corrected chi connectivity index (χ0v) is 12.4. The molecule has 96 valence electrons. The van der Waals surface area contributed by atoms with Gasteiger partial charge in [-0.05, 0) is 43.3 Å². The van der Waals surface area contributed by atoms with Crippen molar-refractivity contribution in [1.82, 2.24) is 0 Å². The second kappa shape index (κ2) is 14.5. The molecular weight excluding hydrogens is 192 g/mol. The summed E-state index contributed by atoms with van der Waals surface area (Å²) in [4.78, 5) is 0. The van der Waals surface area contributed by atoms with E-state index in [1.165, 1.54) is 38.5 Å². The summed E-state index contributed by atoms with van der Waals surface area (Å²) in [6.07, 6.45) is 12.6. The Hall–Kier alpha value is -0.520. The van der Waals surface area contributed by atoms with Gasteiger partial charge in [0.25, 0.3) is 0 Å². The monoisotopic (exact) mass is 224 g/mol. The molecular formula is C16H32. The molecule has 0 saturated carbocycles.